The zero-order chi connectivity index (χ0) is 31.2. The summed E-state index contributed by atoms with van der Waals surface area (Å²) in [7, 11) is -4.25. The number of rotatable bonds is 11. The van der Waals surface area contributed by atoms with Gasteiger partial charge in [-0.15, -0.1) is 0 Å². The SMILES string of the molecule is Cc1cccc(C)c1-c1cc(OC[C@@H](CC(C)C)NC(=O)OC(C)(C)C)nc(NS(=O)(=O)c2cccc(C(=O)O)c2)n1. The Labute approximate surface area is 246 Å². The van der Waals surface area contributed by atoms with Crippen molar-refractivity contribution in [1.29, 1.82) is 0 Å². The largest absolute Gasteiger partial charge is 0.478 e. The molecule has 0 unspecified atom stereocenters. The van der Waals surface area contributed by atoms with Crippen LogP contribution in [0.3, 0.4) is 0 Å². The van der Waals surface area contributed by atoms with Crippen LogP contribution in [-0.4, -0.2) is 53.8 Å². The molecule has 0 fully saturated rings. The lowest BCUT2D eigenvalue weighted by Gasteiger charge is -2.24. The summed E-state index contributed by atoms with van der Waals surface area (Å²) in [5.74, 6) is -1.20. The summed E-state index contributed by atoms with van der Waals surface area (Å²) in [6.45, 7) is 13.2. The lowest BCUT2D eigenvalue weighted by Crippen LogP contribution is -2.42. The van der Waals surface area contributed by atoms with E-state index in [1.165, 1.54) is 18.2 Å². The molecule has 0 aliphatic heterocycles. The predicted octanol–water partition coefficient (Wildman–Crippen LogP) is 5.58. The number of carbonyl (C=O) groups is 2. The molecule has 0 saturated carbocycles. The van der Waals surface area contributed by atoms with Gasteiger partial charge in [0.1, 0.15) is 12.2 Å². The third-order valence-electron chi connectivity index (χ3n) is 5.97. The first kappa shape index (κ1) is 32.3. The molecule has 12 heteroatoms. The molecule has 2 aromatic carbocycles. The quantitative estimate of drug-likeness (QED) is 0.256. The molecule has 1 heterocycles. The number of anilines is 1. The van der Waals surface area contributed by atoms with Crippen LogP contribution in [-0.2, 0) is 14.8 Å². The van der Waals surface area contributed by atoms with Crippen molar-refractivity contribution in [2.45, 2.75) is 71.4 Å². The number of nitrogens with one attached hydrogen (secondary N) is 2. The fourth-order valence-corrected chi connectivity index (χ4v) is 5.25. The van der Waals surface area contributed by atoms with Gasteiger partial charge >= 0.3 is 12.1 Å². The molecule has 3 rings (SSSR count). The monoisotopic (exact) mass is 598 g/mol. The van der Waals surface area contributed by atoms with Crippen LogP contribution in [0.2, 0.25) is 0 Å². The van der Waals surface area contributed by atoms with Crippen molar-refractivity contribution in [3.05, 3.63) is 65.2 Å². The number of benzene rings is 2. The van der Waals surface area contributed by atoms with Crippen molar-refractivity contribution in [1.82, 2.24) is 15.3 Å². The number of aromatic nitrogens is 2. The number of hydrogen-bond donors (Lipinski definition) is 3. The molecule has 11 nitrogen and oxygen atoms in total. The first-order chi connectivity index (χ1) is 19.5. The summed E-state index contributed by atoms with van der Waals surface area (Å²) < 4.78 is 40.2. The van der Waals surface area contributed by atoms with Gasteiger partial charge in [-0.1, -0.05) is 38.1 Å². The van der Waals surface area contributed by atoms with E-state index in [2.05, 4.69) is 20.0 Å². The lowest BCUT2D eigenvalue weighted by atomic mass is 10.00. The molecule has 0 spiro atoms. The number of nitrogens with zero attached hydrogens (tertiary/aromatic N) is 2. The molecule has 3 N–H and O–H groups in total. The van der Waals surface area contributed by atoms with Crippen LogP contribution in [0.15, 0.2) is 53.4 Å². The summed E-state index contributed by atoms with van der Waals surface area (Å²) in [5, 5.41) is 12.1. The summed E-state index contributed by atoms with van der Waals surface area (Å²) >= 11 is 0. The normalized spacial score (nSPS) is 12.5. The van der Waals surface area contributed by atoms with Crippen molar-refractivity contribution in [2.24, 2.45) is 5.92 Å². The van der Waals surface area contributed by atoms with Gasteiger partial charge in [-0.3, -0.25) is 0 Å². The molecular formula is C30H38N4O7S. The zero-order valence-electron chi connectivity index (χ0n) is 24.9. The van der Waals surface area contributed by atoms with Gasteiger partial charge in [0.05, 0.1) is 22.2 Å². The van der Waals surface area contributed by atoms with Gasteiger partial charge < -0.3 is 19.9 Å². The number of aryl methyl sites for hydroxylation is 2. The number of carboxylic acid groups (broad SMARTS) is 1. The second-order valence-corrected chi connectivity index (χ2v) is 13.1. The Morgan fingerprint density at radius 3 is 2.24 bits per heavy atom. The number of alkyl carbamates (subject to hydrolysis) is 1. The van der Waals surface area contributed by atoms with Crippen LogP contribution in [0.25, 0.3) is 11.3 Å². The van der Waals surface area contributed by atoms with E-state index >= 15 is 0 Å². The summed E-state index contributed by atoms with van der Waals surface area (Å²) in [5.41, 5.74) is 2.17. The van der Waals surface area contributed by atoms with Crippen molar-refractivity contribution in [3.63, 3.8) is 0 Å². The average molecular weight is 599 g/mol. The van der Waals surface area contributed by atoms with Crippen LogP contribution in [0.5, 0.6) is 5.88 Å². The number of carboxylic acids is 1. The minimum atomic E-state index is -4.25. The summed E-state index contributed by atoms with van der Waals surface area (Å²) in [6, 6.07) is 11.9. The Morgan fingerprint density at radius 1 is 1.00 bits per heavy atom. The zero-order valence-corrected chi connectivity index (χ0v) is 25.7. The molecule has 1 aromatic heterocycles. The first-order valence-corrected chi connectivity index (χ1v) is 15.0. The minimum absolute atomic E-state index is 0.0352. The van der Waals surface area contributed by atoms with Crippen molar-refractivity contribution in [3.8, 4) is 17.1 Å². The van der Waals surface area contributed by atoms with Crippen LogP contribution >= 0.6 is 0 Å². The van der Waals surface area contributed by atoms with E-state index in [4.69, 9.17) is 9.47 Å². The van der Waals surface area contributed by atoms with Gasteiger partial charge in [0, 0.05) is 11.6 Å². The maximum atomic E-state index is 13.2. The van der Waals surface area contributed by atoms with E-state index in [1.807, 2.05) is 45.9 Å². The smallest absolute Gasteiger partial charge is 0.407 e. The molecule has 226 valence electrons. The molecule has 42 heavy (non-hydrogen) atoms. The second kappa shape index (κ2) is 13.2. The minimum Gasteiger partial charge on any atom is -0.478 e. The van der Waals surface area contributed by atoms with Crippen molar-refractivity contribution in [2.75, 3.05) is 11.3 Å². The van der Waals surface area contributed by atoms with E-state index < -0.39 is 33.7 Å². The Morgan fingerprint density at radius 2 is 1.64 bits per heavy atom. The Kier molecular flexibility index (Phi) is 10.2. The standard InChI is InChI=1S/C30H38N4O7S/c1-18(2)14-22(31-29(37)41-30(5,6)7)17-40-25-16-24(26-19(3)10-8-11-20(26)4)32-28(33-25)34-42(38,39)23-13-9-12-21(15-23)27(35)36/h8-13,15-16,18,22H,14,17H2,1-7H3,(H,31,37)(H,35,36)(H,32,33,34)/t22-/m1/s1. The van der Waals surface area contributed by atoms with Crippen LogP contribution < -0.4 is 14.8 Å². The highest BCUT2D eigenvalue weighted by Crippen LogP contribution is 2.29. The van der Waals surface area contributed by atoms with Crippen LogP contribution in [0.1, 0.15) is 62.5 Å². The molecule has 0 saturated heterocycles. The van der Waals surface area contributed by atoms with Crippen LogP contribution in [0.4, 0.5) is 10.7 Å². The Hall–Kier alpha value is -4.19. The van der Waals surface area contributed by atoms with E-state index in [1.54, 1.807) is 26.8 Å². The van der Waals surface area contributed by atoms with E-state index in [-0.39, 0.29) is 34.8 Å². The fraction of sp³-hybridized carbons (Fsp3) is 0.400. The number of hydrogen-bond acceptors (Lipinski definition) is 8. The van der Waals surface area contributed by atoms with Crippen molar-refractivity contribution < 1.29 is 32.6 Å². The number of amides is 1. The Bertz CT molecular complexity index is 1530. The van der Waals surface area contributed by atoms with Gasteiger partial charge in [-0.25, -0.2) is 27.7 Å². The van der Waals surface area contributed by atoms with Gasteiger partial charge in [0.25, 0.3) is 10.0 Å². The number of carbonyl (C=O) groups excluding carboxylic acids is 1. The van der Waals surface area contributed by atoms with Gasteiger partial charge in [-0.2, -0.15) is 4.98 Å². The number of ether oxygens (including phenoxy) is 2. The molecular weight excluding hydrogens is 560 g/mol. The maximum absolute atomic E-state index is 13.2. The highest BCUT2D eigenvalue weighted by atomic mass is 32.2. The summed E-state index contributed by atoms with van der Waals surface area (Å²) in [6.07, 6.45) is 0.0146. The molecule has 1 amide bonds. The molecule has 3 aromatic rings. The van der Waals surface area contributed by atoms with E-state index in [9.17, 15) is 23.1 Å². The maximum Gasteiger partial charge on any atom is 0.407 e. The number of aromatic carboxylic acids is 1. The Balaban J connectivity index is 1.98. The molecule has 0 radical (unpaired) electrons. The number of sulfonamides is 1. The van der Waals surface area contributed by atoms with Gasteiger partial charge in [-0.05, 0) is 76.3 Å². The topological polar surface area (TPSA) is 157 Å². The highest BCUT2D eigenvalue weighted by molar-refractivity contribution is 7.92. The fourth-order valence-electron chi connectivity index (χ4n) is 4.26. The molecule has 0 bridgehead atoms. The van der Waals surface area contributed by atoms with E-state index in [0.717, 1.165) is 22.8 Å². The second-order valence-electron chi connectivity index (χ2n) is 11.4. The predicted molar refractivity (Wildman–Crippen MR) is 159 cm³/mol. The lowest BCUT2D eigenvalue weighted by molar-refractivity contribution is 0.0478. The van der Waals surface area contributed by atoms with Gasteiger partial charge in [0.15, 0.2) is 0 Å². The van der Waals surface area contributed by atoms with Crippen LogP contribution in [0, 0.1) is 19.8 Å². The molecule has 0 aliphatic rings. The molecule has 0 aliphatic carbocycles. The highest BCUT2D eigenvalue weighted by Gasteiger charge is 2.23. The average Bonchev–Trinajstić information content (AvgIpc) is 2.85. The third-order valence-corrected chi connectivity index (χ3v) is 7.29. The molecule has 1 atom stereocenters. The first-order valence-electron chi connectivity index (χ1n) is 13.5. The van der Waals surface area contributed by atoms with Crippen molar-refractivity contribution >= 4 is 28.0 Å². The third kappa shape index (κ3) is 9.16. The van der Waals surface area contributed by atoms with Gasteiger partial charge in [0.2, 0.25) is 11.8 Å². The summed E-state index contributed by atoms with van der Waals surface area (Å²) in [4.78, 5) is 32.3. The van der Waals surface area contributed by atoms with E-state index in [0.29, 0.717) is 12.1 Å².